The standard InChI is InChI=1S/C24H31BrN2O4/c1-15(2)18-9-7-16(3)11-21(18)31-14-23(29)27-26-22(28)13-30-20-10-8-17(12-19(20)25)24(4,5)6/h7-12,15H,13-14H2,1-6H3,(H,26,28)(H,27,29). The second-order valence-corrected chi connectivity index (χ2v) is 9.62. The van der Waals surface area contributed by atoms with Crippen molar-refractivity contribution in [3.63, 3.8) is 0 Å². The predicted octanol–water partition coefficient (Wildman–Crippen LogP) is 4.78. The van der Waals surface area contributed by atoms with Crippen LogP contribution >= 0.6 is 15.9 Å². The summed E-state index contributed by atoms with van der Waals surface area (Å²) in [6.45, 7) is 12.0. The van der Waals surface area contributed by atoms with Crippen molar-refractivity contribution in [1.82, 2.24) is 10.9 Å². The van der Waals surface area contributed by atoms with E-state index in [9.17, 15) is 9.59 Å². The van der Waals surface area contributed by atoms with Gasteiger partial charge in [0.25, 0.3) is 11.8 Å². The van der Waals surface area contributed by atoms with Crippen LogP contribution < -0.4 is 20.3 Å². The van der Waals surface area contributed by atoms with Crippen molar-refractivity contribution in [3.8, 4) is 11.5 Å². The number of hydrogen-bond donors (Lipinski definition) is 2. The van der Waals surface area contributed by atoms with E-state index in [1.54, 1.807) is 0 Å². The zero-order valence-corrected chi connectivity index (χ0v) is 20.6. The number of rotatable bonds is 7. The summed E-state index contributed by atoms with van der Waals surface area (Å²) >= 11 is 3.47. The van der Waals surface area contributed by atoms with Crippen molar-refractivity contribution in [2.75, 3.05) is 13.2 Å². The molecular formula is C24H31BrN2O4. The largest absolute Gasteiger partial charge is 0.483 e. The monoisotopic (exact) mass is 490 g/mol. The molecule has 0 saturated heterocycles. The zero-order chi connectivity index (χ0) is 23.2. The van der Waals surface area contributed by atoms with Crippen molar-refractivity contribution in [2.45, 2.75) is 52.9 Å². The minimum Gasteiger partial charge on any atom is -0.483 e. The fourth-order valence-electron chi connectivity index (χ4n) is 2.83. The molecule has 0 bridgehead atoms. The zero-order valence-electron chi connectivity index (χ0n) is 19.0. The average molecular weight is 491 g/mol. The molecule has 0 aliphatic rings. The smallest absolute Gasteiger partial charge is 0.276 e. The Morgan fingerprint density at radius 3 is 2.03 bits per heavy atom. The van der Waals surface area contributed by atoms with Crippen molar-refractivity contribution in [3.05, 3.63) is 57.6 Å². The Hall–Kier alpha value is -2.54. The lowest BCUT2D eigenvalue weighted by Crippen LogP contribution is -2.45. The lowest BCUT2D eigenvalue weighted by molar-refractivity contribution is -0.131. The number of nitrogens with one attached hydrogen (secondary N) is 2. The normalized spacial score (nSPS) is 11.2. The van der Waals surface area contributed by atoms with Crippen molar-refractivity contribution < 1.29 is 19.1 Å². The van der Waals surface area contributed by atoms with Crippen LogP contribution in [-0.2, 0) is 15.0 Å². The van der Waals surface area contributed by atoms with Gasteiger partial charge in [-0.15, -0.1) is 0 Å². The molecule has 0 aromatic heterocycles. The summed E-state index contributed by atoms with van der Waals surface area (Å²) in [6.07, 6.45) is 0. The first-order valence-corrected chi connectivity index (χ1v) is 11.0. The second-order valence-electron chi connectivity index (χ2n) is 8.76. The molecule has 0 heterocycles. The van der Waals surface area contributed by atoms with Gasteiger partial charge in [0.1, 0.15) is 11.5 Å². The van der Waals surface area contributed by atoms with Gasteiger partial charge >= 0.3 is 0 Å². The Bertz CT molecular complexity index is 936. The van der Waals surface area contributed by atoms with E-state index in [1.165, 1.54) is 0 Å². The van der Waals surface area contributed by atoms with Crippen LogP contribution in [0.1, 0.15) is 57.2 Å². The molecule has 31 heavy (non-hydrogen) atoms. The molecule has 0 aliphatic heterocycles. The highest BCUT2D eigenvalue weighted by molar-refractivity contribution is 9.10. The van der Waals surface area contributed by atoms with E-state index < -0.39 is 11.8 Å². The van der Waals surface area contributed by atoms with Crippen LogP contribution in [0.2, 0.25) is 0 Å². The maximum Gasteiger partial charge on any atom is 0.276 e. The van der Waals surface area contributed by atoms with Gasteiger partial charge in [0, 0.05) is 0 Å². The average Bonchev–Trinajstić information content (AvgIpc) is 2.68. The van der Waals surface area contributed by atoms with Crippen LogP contribution in [0.4, 0.5) is 0 Å². The van der Waals surface area contributed by atoms with Gasteiger partial charge in [-0.25, -0.2) is 0 Å². The number of halogens is 1. The molecule has 2 aromatic carbocycles. The van der Waals surface area contributed by atoms with Crippen LogP contribution in [0.3, 0.4) is 0 Å². The Morgan fingerprint density at radius 2 is 1.52 bits per heavy atom. The maximum absolute atomic E-state index is 12.0. The third kappa shape index (κ3) is 7.58. The number of ether oxygens (including phenoxy) is 2. The molecule has 168 valence electrons. The van der Waals surface area contributed by atoms with Crippen molar-refractivity contribution in [2.24, 2.45) is 0 Å². The molecular weight excluding hydrogens is 460 g/mol. The molecule has 2 amide bonds. The number of benzene rings is 2. The Labute approximate surface area is 192 Å². The van der Waals surface area contributed by atoms with Gasteiger partial charge in [0.05, 0.1) is 4.47 Å². The summed E-state index contributed by atoms with van der Waals surface area (Å²) in [7, 11) is 0. The van der Waals surface area contributed by atoms with Crippen LogP contribution in [0.15, 0.2) is 40.9 Å². The molecule has 0 aliphatic carbocycles. The molecule has 0 atom stereocenters. The SMILES string of the molecule is Cc1ccc(C(C)C)c(OCC(=O)NNC(=O)COc2ccc(C(C)(C)C)cc2Br)c1. The van der Waals surface area contributed by atoms with E-state index in [0.717, 1.165) is 21.2 Å². The molecule has 7 heteroatoms. The van der Waals surface area contributed by atoms with Crippen LogP contribution in [-0.4, -0.2) is 25.0 Å². The molecule has 0 unspecified atom stereocenters. The van der Waals surface area contributed by atoms with Gasteiger partial charge in [0.15, 0.2) is 13.2 Å². The Morgan fingerprint density at radius 1 is 0.935 bits per heavy atom. The fourth-order valence-corrected chi connectivity index (χ4v) is 3.32. The number of aryl methyl sites for hydroxylation is 1. The summed E-state index contributed by atoms with van der Waals surface area (Å²) in [5.74, 6) is 0.563. The quantitative estimate of drug-likeness (QED) is 0.547. The molecule has 0 radical (unpaired) electrons. The lowest BCUT2D eigenvalue weighted by atomic mass is 9.87. The van der Waals surface area contributed by atoms with E-state index in [1.807, 2.05) is 43.3 Å². The van der Waals surface area contributed by atoms with E-state index in [4.69, 9.17) is 9.47 Å². The third-order valence-electron chi connectivity index (χ3n) is 4.65. The Balaban J connectivity index is 1.80. The maximum atomic E-state index is 12.0. The molecule has 6 nitrogen and oxygen atoms in total. The highest BCUT2D eigenvalue weighted by atomic mass is 79.9. The summed E-state index contributed by atoms with van der Waals surface area (Å²) in [5, 5.41) is 0. The molecule has 2 aromatic rings. The molecule has 0 fully saturated rings. The van der Waals surface area contributed by atoms with E-state index in [0.29, 0.717) is 11.5 Å². The minimum absolute atomic E-state index is 0.0131. The molecule has 0 spiro atoms. The van der Waals surface area contributed by atoms with Crippen LogP contribution in [0.25, 0.3) is 0 Å². The van der Waals surface area contributed by atoms with Gasteiger partial charge in [-0.1, -0.05) is 52.8 Å². The predicted molar refractivity (Wildman–Crippen MR) is 125 cm³/mol. The summed E-state index contributed by atoms with van der Waals surface area (Å²) in [6, 6.07) is 11.7. The summed E-state index contributed by atoms with van der Waals surface area (Å²) < 4.78 is 12.0. The van der Waals surface area contributed by atoms with Crippen molar-refractivity contribution >= 4 is 27.7 Å². The topological polar surface area (TPSA) is 76.7 Å². The third-order valence-corrected chi connectivity index (χ3v) is 5.27. The number of hydrazine groups is 1. The first kappa shape index (κ1) is 24.7. The van der Waals surface area contributed by atoms with Crippen LogP contribution in [0.5, 0.6) is 11.5 Å². The highest BCUT2D eigenvalue weighted by Crippen LogP contribution is 2.31. The number of hydrogen-bond acceptors (Lipinski definition) is 4. The van der Waals surface area contributed by atoms with Crippen LogP contribution in [0, 0.1) is 6.92 Å². The molecule has 2 rings (SSSR count). The van der Waals surface area contributed by atoms with Crippen molar-refractivity contribution in [1.29, 1.82) is 0 Å². The van der Waals surface area contributed by atoms with Gasteiger partial charge in [-0.05, 0) is 69.1 Å². The molecule has 2 N–H and O–H groups in total. The first-order chi connectivity index (χ1) is 14.5. The number of carbonyl (C=O) groups excluding carboxylic acids is 2. The molecule has 0 saturated carbocycles. The van der Waals surface area contributed by atoms with Gasteiger partial charge in [-0.3, -0.25) is 20.4 Å². The van der Waals surface area contributed by atoms with Gasteiger partial charge in [-0.2, -0.15) is 0 Å². The van der Waals surface area contributed by atoms with Gasteiger partial charge < -0.3 is 9.47 Å². The van der Waals surface area contributed by atoms with E-state index in [-0.39, 0.29) is 24.5 Å². The summed E-state index contributed by atoms with van der Waals surface area (Å²) in [4.78, 5) is 24.1. The Kier molecular flexibility index (Phi) is 8.51. The number of amides is 2. The first-order valence-electron chi connectivity index (χ1n) is 10.2. The second kappa shape index (κ2) is 10.7. The summed E-state index contributed by atoms with van der Waals surface area (Å²) in [5.41, 5.74) is 7.91. The van der Waals surface area contributed by atoms with E-state index in [2.05, 4.69) is 61.4 Å². The lowest BCUT2D eigenvalue weighted by Gasteiger charge is -2.20. The van der Waals surface area contributed by atoms with E-state index >= 15 is 0 Å². The van der Waals surface area contributed by atoms with Gasteiger partial charge in [0.2, 0.25) is 0 Å². The fraction of sp³-hybridized carbons (Fsp3) is 0.417. The highest BCUT2D eigenvalue weighted by Gasteiger charge is 2.16. The number of carbonyl (C=O) groups is 2. The minimum atomic E-state index is -0.474.